The molecule has 0 bridgehead atoms. The third-order valence-corrected chi connectivity index (χ3v) is 3.83. The normalized spacial score (nSPS) is 11.6. The van der Waals surface area contributed by atoms with Gasteiger partial charge in [-0.25, -0.2) is 4.98 Å². The van der Waals surface area contributed by atoms with Crippen molar-refractivity contribution in [1.82, 2.24) is 4.98 Å². The van der Waals surface area contributed by atoms with Gasteiger partial charge in [0.05, 0.1) is 10.2 Å². The Morgan fingerprint density at radius 3 is 2.50 bits per heavy atom. The highest BCUT2D eigenvalue weighted by atomic mass is 32.1. The summed E-state index contributed by atoms with van der Waals surface area (Å²) in [5.74, 6) is -0.245. The number of ether oxygens (including phenoxy) is 1. The zero-order valence-electron chi connectivity index (χ0n) is 11.4. The number of aryl methyl sites for hydroxylation is 1. The van der Waals surface area contributed by atoms with Crippen LogP contribution < -0.4 is 10.1 Å². The Balaban J connectivity index is 1.84. The summed E-state index contributed by atoms with van der Waals surface area (Å²) in [4.78, 5) is 4.34. The van der Waals surface area contributed by atoms with E-state index in [1.807, 2.05) is 31.2 Å². The molecule has 114 valence electrons. The van der Waals surface area contributed by atoms with Gasteiger partial charge in [0, 0.05) is 11.8 Å². The number of fused-ring (bicyclic) bond motifs is 1. The molecule has 1 heterocycles. The van der Waals surface area contributed by atoms with Gasteiger partial charge in [-0.3, -0.25) is 0 Å². The molecule has 0 saturated heterocycles. The van der Waals surface area contributed by atoms with Crippen molar-refractivity contribution in [2.24, 2.45) is 0 Å². The molecule has 0 atom stereocenters. The molecule has 0 aliphatic rings. The predicted molar refractivity (Wildman–Crippen MR) is 80.8 cm³/mol. The van der Waals surface area contributed by atoms with E-state index in [4.69, 9.17) is 0 Å². The summed E-state index contributed by atoms with van der Waals surface area (Å²) in [5, 5.41) is 3.75. The van der Waals surface area contributed by atoms with Gasteiger partial charge in [-0.05, 0) is 31.2 Å². The van der Waals surface area contributed by atoms with Gasteiger partial charge in [0.15, 0.2) is 5.13 Å². The molecule has 0 fully saturated rings. The number of hydrogen-bond donors (Lipinski definition) is 1. The van der Waals surface area contributed by atoms with E-state index >= 15 is 0 Å². The van der Waals surface area contributed by atoms with E-state index in [2.05, 4.69) is 15.0 Å². The molecule has 1 N–H and O–H groups in total. The van der Waals surface area contributed by atoms with E-state index in [1.165, 1.54) is 29.5 Å². The van der Waals surface area contributed by atoms with Gasteiger partial charge in [0.2, 0.25) is 0 Å². The highest BCUT2D eigenvalue weighted by Crippen LogP contribution is 2.32. The fourth-order valence-electron chi connectivity index (χ4n) is 1.92. The maximum atomic E-state index is 12.2. The van der Waals surface area contributed by atoms with Crippen LogP contribution >= 0.6 is 11.3 Å². The average molecular weight is 324 g/mol. The van der Waals surface area contributed by atoms with Crippen molar-refractivity contribution in [3.63, 3.8) is 0 Å². The van der Waals surface area contributed by atoms with Gasteiger partial charge in [0.1, 0.15) is 5.75 Å². The summed E-state index contributed by atoms with van der Waals surface area (Å²) < 4.78 is 41.2. The summed E-state index contributed by atoms with van der Waals surface area (Å²) >= 11 is 1.27. The lowest BCUT2D eigenvalue weighted by Gasteiger charge is -2.07. The van der Waals surface area contributed by atoms with E-state index in [1.54, 1.807) is 0 Å². The van der Waals surface area contributed by atoms with Crippen LogP contribution in [-0.4, -0.2) is 11.3 Å². The highest BCUT2D eigenvalue weighted by molar-refractivity contribution is 7.22. The van der Waals surface area contributed by atoms with Crippen LogP contribution in [0.2, 0.25) is 0 Å². The second-order valence-electron chi connectivity index (χ2n) is 4.69. The Morgan fingerprint density at radius 1 is 1.09 bits per heavy atom. The maximum Gasteiger partial charge on any atom is 0.573 e. The van der Waals surface area contributed by atoms with Crippen LogP contribution in [0.3, 0.4) is 0 Å². The summed E-state index contributed by atoms with van der Waals surface area (Å²) in [6, 6.07) is 11.9. The van der Waals surface area contributed by atoms with Gasteiger partial charge < -0.3 is 10.1 Å². The minimum absolute atomic E-state index is 0.245. The summed E-state index contributed by atoms with van der Waals surface area (Å²) in [6.45, 7) is 1.99. The number of alkyl halides is 3. The molecule has 7 heteroatoms. The molecule has 3 rings (SSSR count). The summed E-state index contributed by atoms with van der Waals surface area (Å²) in [7, 11) is 0. The fourth-order valence-corrected chi connectivity index (χ4v) is 2.83. The molecular formula is C15H11F3N2OS. The lowest BCUT2D eigenvalue weighted by molar-refractivity contribution is -0.274. The molecule has 0 aliphatic heterocycles. The number of nitrogens with zero attached hydrogens (tertiary/aromatic N) is 1. The molecular weight excluding hydrogens is 313 g/mol. The molecule has 3 aromatic rings. The van der Waals surface area contributed by atoms with E-state index < -0.39 is 6.36 Å². The number of anilines is 2. The second kappa shape index (κ2) is 5.49. The molecule has 0 unspecified atom stereocenters. The van der Waals surface area contributed by atoms with Crippen LogP contribution in [0, 0.1) is 6.92 Å². The molecule has 0 spiro atoms. The number of halogens is 3. The van der Waals surface area contributed by atoms with Gasteiger partial charge in [-0.2, -0.15) is 0 Å². The molecule has 0 aliphatic carbocycles. The molecule has 0 radical (unpaired) electrons. The lowest BCUT2D eigenvalue weighted by atomic mass is 10.2. The molecule has 1 aromatic heterocycles. The Hall–Kier alpha value is -2.28. The first-order valence-electron chi connectivity index (χ1n) is 6.39. The smallest absolute Gasteiger partial charge is 0.406 e. The minimum Gasteiger partial charge on any atom is -0.406 e. The van der Waals surface area contributed by atoms with Crippen molar-refractivity contribution < 1.29 is 17.9 Å². The Morgan fingerprint density at radius 2 is 1.82 bits per heavy atom. The van der Waals surface area contributed by atoms with E-state index in [9.17, 15) is 13.2 Å². The standard InChI is InChI=1S/C15H11F3N2OS/c1-9-2-4-10(5-3-9)19-14-20-12-7-6-11(8-13(12)22-14)21-15(16,17)18/h2-8H,1H3,(H,19,20). The van der Waals surface area contributed by atoms with Gasteiger partial charge in [-0.1, -0.05) is 29.0 Å². The van der Waals surface area contributed by atoms with Crippen LogP contribution in [0.4, 0.5) is 24.0 Å². The van der Waals surface area contributed by atoms with Crippen molar-refractivity contribution >= 4 is 32.4 Å². The largest absolute Gasteiger partial charge is 0.573 e. The molecule has 0 saturated carbocycles. The maximum absolute atomic E-state index is 12.2. The number of benzene rings is 2. The van der Waals surface area contributed by atoms with Gasteiger partial charge in [0.25, 0.3) is 0 Å². The number of rotatable bonds is 3. The minimum atomic E-state index is -4.69. The number of aromatic nitrogens is 1. The number of thiazole rings is 1. The molecule has 3 nitrogen and oxygen atoms in total. The third-order valence-electron chi connectivity index (χ3n) is 2.90. The predicted octanol–water partition coefficient (Wildman–Crippen LogP) is 5.25. The second-order valence-corrected chi connectivity index (χ2v) is 5.72. The average Bonchev–Trinajstić information content (AvgIpc) is 2.81. The van der Waals surface area contributed by atoms with Crippen LogP contribution in [0.25, 0.3) is 10.2 Å². The zero-order valence-corrected chi connectivity index (χ0v) is 12.3. The van der Waals surface area contributed by atoms with Crippen molar-refractivity contribution in [2.45, 2.75) is 13.3 Å². The summed E-state index contributed by atoms with van der Waals surface area (Å²) in [6.07, 6.45) is -4.69. The highest BCUT2D eigenvalue weighted by Gasteiger charge is 2.31. The van der Waals surface area contributed by atoms with Gasteiger partial charge in [-0.15, -0.1) is 13.2 Å². The fraction of sp³-hybridized carbons (Fsp3) is 0.133. The van der Waals surface area contributed by atoms with Crippen LogP contribution in [0.5, 0.6) is 5.75 Å². The van der Waals surface area contributed by atoms with E-state index in [0.29, 0.717) is 15.3 Å². The number of nitrogens with one attached hydrogen (secondary N) is 1. The van der Waals surface area contributed by atoms with Gasteiger partial charge >= 0.3 is 6.36 Å². The molecule has 2 aromatic carbocycles. The quantitative estimate of drug-likeness (QED) is 0.715. The van der Waals surface area contributed by atoms with E-state index in [-0.39, 0.29) is 5.75 Å². The Labute approximate surface area is 128 Å². The van der Waals surface area contributed by atoms with Crippen LogP contribution in [0.15, 0.2) is 42.5 Å². The molecule has 0 amide bonds. The van der Waals surface area contributed by atoms with Crippen LogP contribution in [0.1, 0.15) is 5.56 Å². The zero-order chi connectivity index (χ0) is 15.7. The monoisotopic (exact) mass is 324 g/mol. The Kier molecular flexibility index (Phi) is 3.66. The topological polar surface area (TPSA) is 34.2 Å². The SMILES string of the molecule is Cc1ccc(Nc2nc3ccc(OC(F)(F)F)cc3s2)cc1. The first kappa shape index (κ1) is 14.6. The first-order valence-corrected chi connectivity index (χ1v) is 7.21. The van der Waals surface area contributed by atoms with E-state index in [0.717, 1.165) is 11.3 Å². The molecule has 22 heavy (non-hydrogen) atoms. The lowest BCUT2D eigenvalue weighted by Crippen LogP contribution is -2.16. The van der Waals surface area contributed by atoms with Crippen molar-refractivity contribution in [3.05, 3.63) is 48.0 Å². The van der Waals surface area contributed by atoms with Crippen molar-refractivity contribution in [1.29, 1.82) is 0 Å². The Bertz CT molecular complexity index is 797. The number of hydrogen-bond acceptors (Lipinski definition) is 4. The van der Waals surface area contributed by atoms with Crippen molar-refractivity contribution in [2.75, 3.05) is 5.32 Å². The summed E-state index contributed by atoms with van der Waals surface area (Å²) in [5.41, 5.74) is 2.63. The van der Waals surface area contributed by atoms with Crippen molar-refractivity contribution in [3.8, 4) is 5.75 Å². The first-order chi connectivity index (χ1) is 10.4. The van der Waals surface area contributed by atoms with Crippen LogP contribution in [-0.2, 0) is 0 Å². The third kappa shape index (κ3) is 3.48.